The van der Waals surface area contributed by atoms with E-state index in [-0.39, 0.29) is 29.8 Å². The van der Waals surface area contributed by atoms with Crippen molar-refractivity contribution in [2.45, 2.75) is 70.4 Å². The van der Waals surface area contributed by atoms with Crippen molar-refractivity contribution in [1.29, 1.82) is 0 Å². The van der Waals surface area contributed by atoms with E-state index in [0.29, 0.717) is 12.3 Å². The van der Waals surface area contributed by atoms with Gasteiger partial charge in [0.1, 0.15) is 0 Å². The number of nitrogens with zero attached hydrogens (tertiary/aromatic N) is 1. The lowest BCUT2D eigenvalue weighted by atomic mass is 9.72. The van der Waals surface area contributed by atoms with Crippen LogP contribution in [0, 0.1) is 11.8 Å². The molecular formula is C23H33N3O2. The van der Waals surface area contributed by atoms with E-state index in [1.54, 1.807) is 0 Å². The molecule has 5 nitrogen and oxygen atoms in total. The molecule has 0 radical (unpaired) electrons. The number of rotatable bonds is 4. The third-order valence-corrected chi connectivity index (χ3v) is 6.98. The Morgan fingerprint density at radius 2 is 1.82 bits per heavy atom. The second-order valence-corrected chi connectivity index (χ2v) is 8.72. The van der Waals surface area contributed by atoms with Gasteiger partial charge in [-0.1, -0.05) is 31.9 Å². The topological polar surface area (TPSA) is 61.4 Å². The Hall–Kier alpha value is -2.04. The Balaban J connectivity index is 1.31. The molecule has 3 fully saturated rings. The number of benzene rings is 1. The first-order valence-electron chi connectivity index (χ1n) is 11.1. The molecule has 2 N–H and O–H groups in total. The monoisotopic (exact) mass is 383 g/mol. The van der Waals surface area contributed by atoms with Gasteiger partial charge in [-0.05, 0) is 55.7 Å². The Bertz CT molecular complexity index is 694. The maximum atomic E-state index is 13.0. The largest absolute Gasteiger partial charge is 0.371 e. The number of carbonyl (C=O) groups is 2. The van der Waals surface area contributed by atoms with Crippen molar-refractivity contribution >= 4 is 17.5 Å². The van der Waals surface area contributed by atoms with Crippen LogP contribution in [0.25, 0.3) is 0 Å². The number of hydrogen-bond acceptors (Lipinski definition) is 3. The van der Waals surface area contributed by atoms with Gasteiger partial charge in [0.15, 0.2) is 0 Å². The van der Waals surface area contributed by atoms with Gasteiger partial charge >= 0.3 is 0 Å². The molecule has 5 heteroatoms. The lowest BCUT2D eigenvalue weighted by Gasteiger charge is -2.41. The summed E-state index contributed by atoms with van der Waals surface area (Å²) in [5.41, 5.74) is 2.64. The normalized spacial score (nSPS) is 28.4. The Morgan fingerprint density at radius 3 is 2.54 bits per heavy atom. The average Bonchev–Trinajstić information content (AvgIpc) is 2.73. The zero-order valence-corrected chi connectivity index (χ0v) is 17.0. The number of hydrogen-bond donors (Lipinski definition) is 2. The van der Waals surface area contributed by atoms with Gasteiger partial charge in [-0.2, -0.15) is 0 Å². The van der Waals surface area contributed by atoms with E-state index in [9.17, 15) is 9.59 Å². The van der Waals surface area contributed by atoms with Crippen LogP contribution in [0.3, 0.4) is 0 Å². The van der Waals surface area contributed by atoms with E-state index in [4.69, 9.17) is 0 Å². The lowest BCUT2D eigenvalue weighted by molar-refractivity contribution is -0.138. The molecule has 1 aliphatic carbocycles. The first kappa shape index (κ1) is 19.3. The summed E-state index contributed by atoms with van der Waals surface area (Å²) < 4.78 is 0. The molecule has 0 aromatic heterocycles. The van der Waals surface area contributed by atoms with Crippen molar-refractivity contribution in [3.63, 3.8) is 0 Å². The molecule has 1 saturated carbocycles. The number of anilines is 1. The summed E-state index contributed by atoms with van der Waals surface area (Å²) in [6.45, 7) is 4.11. The molecule has 2 saturated heterocycles. The number of fused-ring (bicyclic) bond motifs is 1. The molecule has 2 amide bonds. The van der Waals surface area contributed by atoms with E-state index in [1.165, 1.54) is 17.7 Å². The third-order valence-electron chi connectivity index (χ3n) is 6.98. The molecular weight excluding hydrogens is 350 g/mol. The van der Waals surface area contributed by atoms with Crippen molar-refractivity contribution in [3.8, 4) is 0 Å². The quantitative estimate of drug-likeness (QED) is 0.840. The van der Waals surface area contributed by atoms with E-state index in [1.807, 2.05) is 0 Å². The van der Waals surface area contributed by atoms with Gasteiger partial charge < -0.3 is 15.5 Å². The van der Waals surface area contributed by atoms with Gasteiger partial charge in [0, 0.05) is 37.3 Å². The fourth-order valence-corrected chi connectivity index (χ4v) is 5.26. The summed E-state index contributed by atoms with van der Waals surface area (Å²) >= 11 is 0. The highest BCUT2D eigenvalue weighted by Gasteiger charge is 2.42. The predicted molar refractivity (Wildman–Crippen MR) is 111 cm³/mol. The molecule has 0 bridgehead atoms. The summed E-state index contributed by atoms with van der Waals surface area (Å²) in [7, 11) is 0. The van der Waals surface area contributed by atoms with Gasteiger partial charge in [-0.15, -0.1) is 0 Å². The minimum atomic E-state index is -0.140. The molecule has 152 valence electrons. The van der Waals surface area contributed by atoms with Gasteiger partial charge in [0.2, 0.25) is 11.8 Å². The fraction of sp³-hybridized carbons (Fsp3) is 0.652. The van der Waals surface area contributed by atoms with Crippen molar-refractivity contribution in [3.05, 3.63) is 29.8 Å². The number of piperidine rings is 2. The predicted octanol–water partition coefficient (Wildman–Crippen LogP) is 3.03. The van der Waals surface area contributed by atoms with Crippen LogP contribution in [0.1, 0.15) is 57.4 Å². The van der Waals surface area contributed by atoms with Crippen LogP contribution >= 0.6 is 0 Å². The SMILES string of the molecule is CCc1ccc(N2CCC(NC(=O)C3CC(=O)NC4CCCCC43)CC2)cc1. The molecule has 3 unspecified atom stereocenters. The molecule has 0 spiro atoms. The van der Waals surface area contributed by atoms with E-state index in [2.05, 4.69) is 46.7 Å². The number of aryl methyl sites for hydroxylation is 1. The highest BCUT2D eigenvalue weighted by molar-refractivity contribution is 5.87. The number of nitrogens with one attached hydrogen (secondary N) is 2. The molecule has 3 aliphatic rings. The summed E-state index contributed by atoms with van der Waals surface area (Å²) in [4.78, 5) is 27.5. The second kappa shape index (κ2) is 8.54. The summed E-state index contributed by atoms with van der Waals surface area (Å²) in [6.07, 6.45) is 7.78. The lowest BCUT2D eigenvalue weighted by Crippen LogP contribution is -2.56. The molecule has 4 rings (SSSR count). The standard InChI is InChI=1S/C23H33N3O2/c1-2-16-7-9-18(10-8-16)26-13-11-17(12-14-26)24-23(28)20-15-22(27)25-21-6-4-3-5-19(20)21/h7-10,17,19-21H,2-6,11-15H2,1H3,(H,24,28)(H,25,27). The zero-order valence-electron chi connectivity index (χ0n) is 17.0. The highest BCUT2D eigenvalue weighted by atomic mass is 16.2. The average molecular weight is 384 g/mol. The highest BCUT2D eigenvalue weighted by Crippen LogP contribution is 2.35. The van der Waals surface area contributed by atoms with Crippen LogP contribution < -0.4 is 15.5 Å². The Kier molecular flexibility index (Phi) is 5.88. The minimum absolute atomic E-state index is 0.0497. The molecule has 2 heterocycles. The summed E-state index contributed by atoms with van der Waals surface area (Å²) in [6, 6.07) is 9.27. The van der Waals surface area contributed by atoms with E-state index < -0.39 is 0 Å². The third kappa shape index (κ3) is 4.18. The molecule has 2 aliphatic heterocycles. The van der Waals surface area contributed by atoms with Gasteiger partial charge in [-0.25, -0.2) is 0 Å². The van der Waals surface area contributed by atoms with Crippen LogP contribution in [0.5, 0.6) is 0 Å². The zero-order chi connectivity index (χ0) is 19.5. The van der Waals surface area contributed by atoms with Crippen molar-refractivity contribution in [2.24, 2.45) is 11.8 Å². The summed E-state index contributed by atoms with van der Waals surface area (Å²) in [5, 5.41) is 6.40. The van der Waals surface area contributed by atoms with Crippen LogP contribution in [0.2, 0.25) is 0 Å². The molecule has 1 aromatic rings. The van der Waals surface area contributed by atoms with Crippen LogP contribution in [-0.2, 0) is 16.0 Å². The number of amides is 2. The number of carbonyl (C=O) groups excluding carboxylic acids is 2. The molecule has 28 heavy (non-hydrogen) atoms. The minimum Gasteiger partial charge on any atom is -0.371 e. The maximum absolute atomic E-state index is 13.0. The van der Waals surface area contributed by atoms with Crippen LogP contribution in [0.15, 0.2) is 24.3 Å². The van der Waals surface area contributed by atoms with Crippen LogP contribution in [0.4, 0.5) is 5.69 Å². The molecule has 3 atom stereocenters. The fourth-order valence-electron chi connectivity index (χ4n) is 5.26. The smallest absolute Gasteiger partial charge is 0.224 e. The summed E-state index contributed by atoms with van der Waals surface area (Å²) in [5.74, 6) is 0.341. The Labute approximate surface area is 168 Å². The van der Waals surface area contributed by atoms with Crippen molar-refractivity contribution < 1.29 is 9.59 Å². The first-order valence-corrected chi connectivity index (χ1v) is 11.1. The van der Waals surface area contributed by atoms with E-state index in [0.717, 1.165) is 51.6 Å². The van der Waals surface area contributed by atoms with Gasteiger partial charge in [0.05, 0.1) is 5.92 Å². The van der Waals surface area contributed by atoms with Crippen LogP contribution in [-0.4, -0.2) is 37.0 Å². The first-order chi connectivity index (χ1) is 13.6. The molecule has 1 aromatic carbocycles. The van der Waals surface area contributed by atoms with Gasteiger partial charge in [-0.3, -0.25) is 9.59 Å². The van der Waals surface area contributed by atoms with Crippen molar-refractivity contribution in [1.82, 2.24) is 10.6 Å². The maximum Gasteiger partial charge on any atom is 0.224 e. The van der Waals surface area contributed by atoms with Crippen molar-refractivity contribution in [2.75, 3.05) is 18.0 Å². The second-order valence-electron chi connectivity index (χ2n) is 8.72. The van der Waals surface area contributed by atoms with Gasteiger partial charge in [0.25, 0.3) is 0 Å². The Morgan fingerprint density at radius 1 is 1.11 bits per heavy atom. The van der Waals surface area contributed by atoms with E-state index >= 15 is 0 Å².